The normalized spacial score (nSPS) is 12.1. The monoisotopic (exact) mass is 316 g/mol. The zero-order valence-corrected chi connectivity index (χ0v) is 12.2. The molecule has 0 spiro atoms. The number of sulfonamides is 1. The Morgan fingerprint density at radius 3 is 2.48 bits per heavy atom. The average molecular weight is 316 g/mol. The van der Waals surface area contributed by atoms with Gasteiger partial charge in [0, 0.05) is 18.5 Å². The number of nitrogens with two attached hydrogens (primary N) is 1. The first kappa shape index (κ1) is 15.5. The summed E-state index contributed by atoms with van der Waals surface area (Å²) in [7, 11) is -4.03. The molecule has 21 heavy (non-hydrogen) atoms. The molecule has 2 aromatic rings. The van der Waals surface area contributed by atoms with E-state index in [2.05, 4.69) is 10.2 Å². The molecule has 0 fully saturated rings. The van der Waals surface area contributed by atoms with Crippen molar-refractivity contribution in [2.24, 2.45) is 5.14 Å². The van der Waals surface area contributed by atoms with Gasteiger partial charge in [-0.1, -0.05) is 6.07 Å². The van der Waals surface area contributed by atoms with Crippen LogP contribution in [0, 0.1) is 11.6 Å². The SMILES string of the molecule is CC(C)n1c(Cc2ccc(F)cc2F)nnc1S(N)(=O)=O. The first-order chi connectivity index (χ1) is 9.70. The molecule has 1 aromatic carbocycles. The van der Waals surface area contributed by atoms with Gasteiger partial charge < -0.3 is 0 Å². The van der Waals surface area contributed by atoms with E-state index in [1.54, 1.807) is 13.8 Å². The van der Waals surface area contributed by atoms with Crippen LogP contribution in [-0.2, 0) is 16.4 Å². The van der Waals surface area contributed by atoms with E-state index in [0.29, 0.717) is 0 Å². The number of hydrogen-bond donors (Lipinski definition) is 1. The summed E-state index contributed by atoms with van der Waals surface area (Å²) in [6.45, 7) is 3.45. The van der Waals surface area contributed by atoms with E-state index in [1.165, 1.54) is 10.6 Å². The Bertz CT molecular complexity index is 772. The van der Waals surface area contributed by atoms with Crippen LogP contribution in [0.25, 0.3) is 0 Å². The molecule has 114 valence electrons. The number of halogens is 2. The lowest BCUT2D eigenvalue weighted by atomic mass is 10.1. The molecule has 0 amide bonds. The summed E-state index contributed by atoms with van der Waals surface area (Å²) in [6.07, 6.45) is -0.0210. The van der Waals surface area contributed by atoms with Gasteiger partial charge in [-0.05, 0) is 25.5 Å². The highest BCUT2D eigenvalue weighted by molar-refractivity contribution is 7.89. The van der Waals surface area contributed by atoms with Crippen molar-refractivity contribution in [1.82, 2.24) is 14.8 Å². The molecule has 0 radical (unpaired) electrons. The summed E-state index contributed by atoms with van der Waals surface area (Å²) < 4.78 is 50.8. The van der Waals surface area contributed by atoms with Gasteiger partial charge in [-0.25, -0.2) is 22.3 Å². The van der Waals surface area contributed by atoms with Crippen molar-refractivity contribution in [3.8, 4) is 0 Å². The third kappa shape index (κ3) is 3.24. The molecule has 6 nitrogen and oxygen atoms in total. The molecule has 1 heterocycles. The highest BCUT2D eigenvalue weighted by Crippen LogP contribution is 2.19. The second-order valence-electron chi connectivity index (χ2n) is 4.82. The summed E-state index contributed by atoms with van der Waals surface area (Å²) in [5.41, 5.74) is 0.187. The van der Waals surface area contributed by atoms with E-state index >= 15 is 0 Å². The van der Waals surface area contributed by atoms with E-state index in [0.717, 1.165) is 12.1 Å². The van der Waals surface area contributed by atoms with Gasteiger partial charge in [0.05, 0.1) is 0 Å². The fourth-order valence-electron chi connectivity index (χ4n) is 1.98. The summed E-state index contributed by atoms with van der Waals surface area (Å²) in [4.78, 5) is 0. The average Bonchev–Trinajstić information content (AvgIpc) is 2.76. The first-order valence-electron chi connectivity index (χ1n) is 6.10. The smallest absolute Gasteiger partial charge is 0.273 e. The van der Waals surface area contributed by atoms with Crippen molar-refractivity contribution in [3.63, 3.8) is 0 Å². The predicted octanol–water partition coefficient (Wildman–Crippen LogP) is 1.38. The van der Waals surface area contributed by atoms with Crippen LogP contribution in [0.3, 0.4) is 0 Å². The maximum Gasteiger partial charge on any atom is 0.273 e. The van der Waals surface area contributed by atoms with Crippen molar-refractivity contribution in [2.45, 2.75) is 31.5 Å². The lowest BCUT2D eigenvalue weighted by Gasteiger charge is -2.13. The molecule has 0 aliphatic carbocycles. The molecule has 0 bridgehead atoms. The largest absolute Gasteiger partial charge is 0.298 e. The summed E-state index contributed by atoms with van der Waals surface area (Å²) in [5.74, 6) is -1.18. The molecule has 9 heteroatoms. The summed E-state index contributed by atoms with van der Waals surface area (Å²) >= 11 is 0. The number of primary sulfonamides is 1. The molecule has 0 aliphatic heterocycles. The molecule has 0 saturated heterocycles. The fourth-order valence-corrected chi connectivity index (χ4v) is 2.72. The number of nitrogens with zero attached hydrogens (tertiary/aromatic N) is 3. The Morgan fingerprint density at radius 1 is 1.29 bits per heavy atom. The van der Waals surface area contributed by atoms with Crippen LogP contribution in [0.1, 0.15) is 31.3 Å². The van der Waals surface area contributed by atoms with Gasteiger partial charge >= 0.3 is 0 Å². The maximum absolute atomic E-state index is 13.7. The van der Waals surface area contributed by atoms with Crippen LogP contribution in [0.5, 0.6) is 0 Å². The summed E-state index contributed by atoms with van der Waals surface area (Å²) in [6, 6.07) is 2.87. The third-order valence-electron chi connectivity index (χ3n) is 2.87. The van der Waals surface area contributed by atoms with Crippen LogP contribution < -0.4 is 5.14 Å². The molecule has 2 rings (SSSR count). The Labute approximate surface area is 120 Å². The van der Waals surface area contributed by atoms with Crippen molar-refractivity contribution >= 4 is 10.0 Å². The van der Waals surface area contributed by atoms with E-state index in [4.69, 9.17) is 5.14 Å². The van der Waals surface area contributed by atoms with E-state index in [1.807, 2.05) is 0 Å². The topological polar surface area (TPSA) is 90.9 Å². The third-order valence-corrected chi connectivity index (χ3v) is 3.66. The Morgan fingerprint density at radius 2 is 1.95 bits per heavy atom. The number of rotatable bonds is 4. The highest BCUT2D eigenvalue weighted by atomic mass is 32.2. The van der Waals surface area contributed by atoms with Crippen LogP contribution >= 0.6 is 0 Å². The van der Waals surface area contributed by atoms with Gasteiger partial charge in [0.1, 0.15) is 17.5 Å². The highest BCUT2D eigenvalue weighted by Gasteiger charge is 2.23. The van der Waals surface area contributed by atoms with Gasteiger partial charge in [-0.2, -0.15) is 0 Å². The van der Waals surface area contributed by atoms with Gasteiger partial charge in [0.15, 0.2) is 0 Å². The molecule has 0 unspecified atom stereocenters. The van der Waals surface area contributed by atoms with E-state index in [-0.39, 0.29) is 29.0 Å². The number of benzene rings is 1. The maximum atomic E-state index is 13.7. The minimum Gasteiger partial charge on any atom is -0.298 e. The minimum atomic E-state index is -4.03. The van der Waals surface area contributed by atoms with Crippen LogP contribution in [0.4, 0.5) is 8.78 Å². The molecule has 0 aliphatic rings. The quantitative estimate of drug-likeness (QED) is 0.922. The Balaban J connectivity index is 2.48. The van der Waals surface area contributed by atoms with Crippen molar-refractivity contribution in [2.75, 3.05) is 0 Å². The van der Waals surface area contributed by atoms with E-state index < -0.39 is 21.7 Å². The van der Waals surface area contributed by atoms with Gasteiger partial charge in [0.2, 0.25) is 0 Å². The van der Waals surface area contributed by atoms with E-state index in [9.17, 15) is 17.2 Å². The van der Waals surface area contributed by atoms with Crippen LogP contribution in [-0.4, -0.2) is 23.2 Å². The zero-order chi connectivity index (χ0) is 15.8. The molecule has 0 atom stereocenters. The molecular formula is C12H14F2N4O2S. The molecule has 0 saturated carbocycles. The molecule has 2 N–H and O–H groups in total. The second kappa shape index (κ2) is 5.49. The van der Waals surface area contributed by atoms with Crippen LogP contribution in [0.2, 0.25) is 0 Å². The zero-order valence-electron chi connectivity index (χ0n) is 11.4. The fraction of sp³-hybridized carbons (Fsp3) is 0.333. The van der Waals surface area contributed by atoms with Crippen molar-refractivity contribution in [1.29, 1.82) is 0 Å². The predicted molar refractivity (Wildman–Crippen MR) is 70.9 cm³/mol. The van der Waals surface area contributed by atoms with Crippen LogP contribution in [0.15, 0.2) is 23.4 Å². The van der Waals surface area contributed by atoms with Crippen molar-refractivity contribution < 1.29 is 17.2 Å². The molecular weight excluding hydrogens is 302 g/mol. The second-order valence-corrected chi connectivity index (χ2v) is 6.28. The minimum absolute atomic E-state index is 0.0210. The Kier molecular flexibility index (Phi) is 4.06. The van der Waals surface area contributed by atoms with Gasteiger partial charge in [-0.3, -0.25) is 4.57 Å². The van der Waals surface area contributed by atoms with Gasteiger partial charge in [0.25, 0.3) is 15.2 Å². The molecule has 1 aromatic heterocycles. The van der Waals surface area contributed by atoms with Crippen molar-refractivity contribution in [3.05, 3.63) is 41.2 Å². The Hall–Kier alpha value is -1.87. The summed E-state index contributed by atoms with van der Waals surface area (Å²) in [5, 5.41) is 12.0. The standard InChI is InChI=1S/C12H14F2N4O2S/c1-7(2)18-11(16-17-12(18)21(15,19)20)5-8-3-4-9(13)6-10(8)14/h3-4,6-7H,5H2,1-2H3,(H2,15,19,20). The lowest BCUT2D eigenvalue weighted by molar-refractivity contribution is 0.505. The first-order valence-corrected chi connectivity index (χ1v) is 7.65. The number of aromatic nitrogens is 3. The number of hydrogen-bond acceptors (Lipinski definition) is 4. The lowest BCUT2D eigenvalue weighted by Crippen LogP contribution is -2.20. The van der Waals surface area contributed by atoms with Gasteiger partial charge in [-0.15, -0.1) is 10.2 Å².